The van der Waals surface area contributed by atoms with Gasteiger partial charge in [-0.2, -0.15) is 0 Å². The lowest BCUT2D eigenvalue weighted by Gasteiger charge is -2.14. The lowest BCUT2D eigenvalue weighted by Crippen LogP contribution is -2.42. The number of hydrogen-bond acceptors (Lipinski definition) is 2. The van der Waals surface area contributed by atoms with Crippen LogP contribution in [0.15, 0.2) is 28.9 Å². The fourth-order valence-corrected chi connectivity index (χ4v) is 0.859. The van der Waals surface area contributed by atoms with Crippen molar-refractivity contribution >= 4 is 11.9 Å². The van der Waals surface area contributed by atoms with Gasteiger partial charge < -0.3 is 11.5 Å². The smallest absolute Gasteiger partial charge is 0.203 e. The van der Waals surface area contributed by atoms with Gasteiger partial charge in [-0.1, -0.05) is 12.2 Å². The molecule has 0 spiro atoms. The molecule has 5 N–H and O–H groups in total. The van der Waals surface area contributed by atoms with Gasteiger partial charge >= 0.3 is 0 Å². The molecule has 0 radical (unpaired) electrons. The molecule has 0 saturated carbocycles. The number of nitrogens with zero attached hydrogens (tertiary/aromatic N) is 2. The highest BCUT2D eigenvalue weighted by molar-refractivity contribution is 5.95. The van der Waals surface area contributed by atoms with E-state index in [0.717, 1.165) is 12.1 Å². The summed E-state index contributed by atoms with van der Waals surface area (Å²) in [6, 6.07) is 0. The predicted octanol–water partition coefficient (Wildman–Crippen LogP) is -0.0298. The first-order valence-electron chi connectivity index (χ1n) is 3.90. The maximum atomic E-state index is 7.11. The zero-order chi connectivity index (χ0) is 9.84. The van der Waals surface area contributed by atoms with Crippen molar-refractivity contribution in [1.82, 2.24) is 4.90 Å². The van der Waals surface area contributed by atoms with E-state index in [0.29, 0.717) is 0 Å². The van der Waals surface area contributed by atoms with Crippen molar-refractivity contribution in [2.45, 2.75) is 6.42 Å². The first-order chi connectivity index (χ1) is 6.11. The van der Waals surface area contributed by atoms with E-state index in [1.807, 2.05) is 18.2 Å². The molecule has 1 aliphatic carbocycles. The Kier molecular flexibility index (Phi) is 2.69. The van der Waals surface area contributed by atoms with Crippen LogP contribution in [0.25, 0.3) is 0 Å². The summed E-state index contributed by atoms with van der Waals surface area (Å²) < 4.78 is 0. The van der Waals surface area contributed by atoms with E-state index in [2.05, 4.69) is 4.99 Å². The second-order valence-corrected chi connectivity index (χ2v) is 2.68. The van der Waals surface area contributed by atoms with Crippen molar-refractivity contribution in [3.8, 4) is 0 Å². The number of aliphatic imine (C=N–C) groups is 1. The minimum atomic E-state index is -0.121. The lowest BCUT2D eigenvalue weighted by molar-refractivity contribution is 0.722. The van der Waals surface area contributed by atoms with Crippen LogP contribution in [0.1, 0.15) is 6.42 Å². The fourth-order valence-electron chi connectivity index (χ4n) is 0.859. The van der Waals surface area contributed by atoms with Crippen molar-refractivity contribution in [3.63, 3.8) is 0 Å². The molecule has 0 aromatic carbocycles. The number of nitrogens with one attached hydrogen (secondary N) is 1. The Morgan fingerprint density at radius 1 is 1.62 bits per heavy atom. The van der Waals surface area contributed by atoms with E-state index in [-0.39, 0.29) is 11.9 Å². The van der Waals surface area contributed by atoms with Gasteiger partial charge in [-0.15, -0.1) is 0 Å². The number of nitrogens with two attached hydrogens (primary N) is 2. The minimum absolute atomic E-state index is 0.121. The molecule has 0 aromatic rings. The normalized spacial score (nSPS) is 15.8. The van der Waals surface area contributed by atoms with Crippen molar-refractivity contribution in [3.05, 3.63) is 23.9 Å². The molecule has 0 aromatic heterocycles. The third-order valence-corrected chi connectivity index (χ3v) is 1.70. The van der Waals surface area contributed by atoms with Gasteiger partial charge in [0, 0.05) is 7.05 Å². The van der Waals surface area contributed by atoms with Crippen molar-refractivity contribution in [1.29, 1.82) is 5.41 Å². The number of allylic oxidation sites excluding steroid dienone is 3. The third kappa shape index (κ3) is 2.33. The summed E-state index contributed by atoms with van der Waals surface area (Å²) in [6.07, 6.45) is 6.69. The molecular formula is C8H13N5. The monoisotopic (exact) mass is 179 g/mol. The summed E-state index contributed by atoms with van der Waals surface area (Å²) >= 11 is 0. The van der Waals surface area contributed by atoms with Gasteiger partial charge in [0.15, 0.2) is 5.96 Å². The molecule has 5 nitrogen and oxygen atoms in total. The van der Waals surface area contributed by atoms with Crippen LogP contribution in [0.2, 0.25) is 0 Å². The Hall–Kier alpha value is -1.78. The second-order valence-electron chi connectivity index (χ2n) is 2.68. The zero-order valence-electron chi connectivity index (χ0n) is 7.49. The molecule has 1 aliphatic rings. The minimum Gasteiger partial charge on any atom is -0.370 e. The molecule has 0 bridgehead atoms. The van der Waals surface area contributed by atoms with Crippen LogP contribution in [-0.4, -0.2) is 23.9 Å². The second kappa shape index (κ2) is 3.75. The predicted molar refractivity (Wildman–Crippen MR) is 53.1 cm³/mol. The largest absolute Gasteiger partial charge is 0.370 e. The average Bonchev–Trinajstić information content (AvgIpc) is 2.55. The first kappa shape index (κ1) is 9.31. The summed E-state index contributed by atoms with van der Waals surface area (Å²) in [7, 11) is 1.60. The van der Waals surface area contributed by atoms with E-state index in [4.69, 9.17) is 16.9 Å². The maximum absolute atomic E-state index is 7.11. The third-order valence-electron chi connectivity index (χ3n) is 1.70. The fraction of sp³-hybridized carbons (Fsp3) is 0.250. The molecule has 5 heteroatoms. The average molecular weight is 179 g/mol. The van der Waals surface area contributed by atoms with Crippen LogP contribution in [0.3, 0.4) is 0 Å². The standard InChI is InChI=1S/C8H13N5/c1-13(7(9)10)8(11)12-6-4-2-3-5-6/h2,4-5H,3H2,1H3,(H3,9,10)(H2,11,12). The Morgan fingerprint density at radius 2 is 2.31 bits per heavy atom. The van der Waals surface area contributed by atoms with E-state index < -0.39 is 0 Å². The summed E-state index contributed by atoms with van der Waals surface area (Å²) in [6.45, 7) is 0. The Morgan fingerprint density at radius 3 is 2.77 bits per heavy atom. The van der Waals surface area contributed by atoms with E-state index >= 15 is 0 Å². The zero-order valence-corrected chi connectivity index (χ0v) is 7.49. The van der Waals surface area contributed by atoms with Crippen molar-refractivity contribution in [2.75, 3.05) is 7.05 Å². The maximum Gasteiger partial charge on any atom is 0.203 e. The van der Waals surface area contributed by atoms with E-state index in [9.17, 15) is 0 Å². The highest BCUT2D eigenvalue weighted by Crippen LogP contribution is 2.09. The van der Waals surface area contributed by atoms with Crippen LogP contribution in [0.4, 0.5) is 0 Å². The van der Waals surface area contributed by atoms with Crippen LogP contribution >= 0.6 is 0 Å². The van der Waals surface area contributed by atoms with Gasteiger partial charge in [0.2, 0.25) is 5.96 Å². The van der Waals surface area contributed by atoms with Gasteiger partial charge in [-0.05, 0) is 12.5 Å². The Balaban J connectivity index is 2.70. The van der Waals surface area contributed by atoms with Crippen LogP contribution in [0, 0.1) is 5.41 Å². The quantitative estimate of drug-likeness (QED) is 0.390. The Bertz CT molecular complexity index is 300. The van der Waals surface area contributed by atoms with Gasteiger partial charge in [0.25, 0.3) is 0 Å². The van der Waals surface area contributed by atoms with Crippen LogP contribution in [-0.2, 0) is 0 Å². The van der Waals surface area contributed by atoms with Crippen molar-refractivity contribution in [2.24, 2.45) is 16.5 Å². The summed E-state index contributed by atoms with van der Waals surface area (Å²) in [5.74, 6) is 0.106. The molecule has 0 aliphatic heterocycles. The van der Waals surface area contributed by atoms with Gasteiger partial charge in [-0.25, -0.2) is 4.99 Å². The molecule has 0 atom stereocenters. The highest BCUT2D eigenvalue weighted by Gasteiger charge is 2.05. The lowest BCUT2D eigenvalue weighted by atomic mass is 10.5. The molecule has 0 unspecified atom stereocenters. The molecule has 0 fully saturated rings. The van der Waals surface area contributed by atoms with Gasteiger partial charge in [0.1, 0.15) is 0 Å². The van der Waals surface area contributed by atoms with Gasteiger partial charge in [-0.3, -0.25) is 10.3 Å². The van der Waals surface area contributed by atoms with Crippen molar-refractivity contribution < 1.29 is 0 Å². The molecule has 0 heterocycles. The molecular weight excluding hydrogens is 166 g/mol. The van der Waals surface area contributed by atoms with E-state index in [1.165, 1.54) is 4.90 Å². The van der Waals surface area contributed by atoms with Crippen LogP contribution in [0.5, 0.6) is 0 Å². The molecule has 70 valence electrons. The number of hydrogen-bond donors (Lipinski definition) is 3. The summed E-state index contributed by atoms with van der Waals surface area (Å²) in [5, 5.41) is 7.11. The molecule has 0 amide bonds. The number of guanidine groups is 2. The number of rotatable bonds is 1. The molecule has 1 rings (SSSR count). The van der Waals surface area contributed by atoms with Crippen LogP contribution < -0.4 is 11.5 Å². The topological polar surface area (TPSA) is 91.5 Å². The molecule has 13 heavy (non-hydrogen) atoms. The Labute approximate surface area is 76.9 Å². The van der Waals surface area contributed by atoms with Gasteiger partial charge in [0.05, 0.1) is 5.70 Å². The summed E-state index contributed by atoms with van der Waals surface area (Å²) in [5.41, 5.74) is 11.6. The van der Waals surface area contributed by atoms with E-state index in [1.54, 1.807) is 7.05 Å². The SMILES string of the molecule is CN(C(=N)N)C(N)=NC1=CCC=C1. The highest BCUT2D eigenvalue weighted by atomic mass is 15.3. The molecule has 0 saturated heterocycles. The first-order valence-corrected chi connectivity index (χ1v) is 3.90. The summed E-state index contributed by atoms with van der Waals surface area (Å²) in [4.78, 5) is 5.38.